The first-order valence-corrected chi connectivity index (χ1v) is 13.4. The second-order valence-corrected chi connectivity index (χ2v) is 10.6. The molecule has 0 atom stereocenters. The largest absolute Gasteiger partial charge is 0.462 e. The molecule has 7 nitrogen and oxygen atoms in total. The molecule has 3 heterocycles. The minimum absolute atomic E-state index is 0.180. The lowest BCUT2D eigenvalue weighted by atomic mass is 9.96. The van der Waals surface area contributed by atoms with Gasteiger partial charge in [-0.25, -0.2) is 4.79 Å². The summed E-state index contributed by atoms with van der Waals surface area (Å²) in [5.74, 6) is 0.448. The number of thiophene rings is 2. The first kappa shape index (κ1) is 23.0. The summed E-state index contributed by atoms with van der Waals surface area (Å²) in [5, 5.41) is 15.1. The first-order chi connectivity index (χ1) is 15.5. The predicted molar refractivity (Wildman–Crippen MR) is 130 cm³/mol. The van der Waals surface area contributed by atoms with Gasteiger partial charge in [0.05, 0.1) is 17.9 Å². The molecule has 0 saturated carbocycles. The number of anilines is 1. The van der Waals surface area contributed by atoms with Crippen LogP contribution in [0.25, 0.3) is 11.4 Å². The number of aromatic nitrogens is 3. The normalized spacial score (nSPS) is 13.1. The molecule has 0 aromatic carbocycles. The molecule has 32 heavy (non-hydrogen) atoms. The molecule has 1 amide bonds. The van der Waals surface area contributed by atoms with Crippen LogP contribution in [0.4, 0.5) is 5.00 Å². The smallest absolute Gasteiger partial charge is 0.341 e. The highest BCUT2D eigenvalue weighted by molar-refractivity contribution is 7.99. The zero-order valence-electron chi connectivity index (χ0n) is 18.4. The molecule has 1 aliphatic rings. The molecular formula is C22H26N4O3S3. The maximum atomic E-state index is 12.6. The topological polar surface area (TPSA) is 86.1 Å². The quantitative estimate of drug-likeness (QED) is 0.346. The minimum atomic E-state index is -0.422. The van der Waals surface area contributed by atoms with Crippen molar-refractivity contribution in [3.8, 4) is 11.4 Å². The highest BCUT2D eigenvalue weighted by Crippen LogP contribution is 2.37. The van der Waals surface area contributed by atoms with Crippen LogP contribution < -0.4 is 5.32 Å². The summed E-state index contributed by atoms with van der Waals surface area (Å²) in [5.41, 5.74) is 3.00. The van der Waals surface area contributed by atoms with Crippen LogP contribution in [0.2, 0.25) is 0 Å². The summed E-state index contributed by atoms with van der Waals surface area (Å²) in [7, 11) is 0. The third kappa shape index (κ3) is 4.77. The molecule has 0 aliphatic heterocycles. The summed E-state index contributed by atoms with van der Waals surface area (Å²) in [6.45, 7) is 6.74. The molecule has 1 N–H and O–H groups in total. The van der Waals surface area contributed by atoms with Crippen LogP contribution in [0.3, 0.4) is 0 Å². The molecule has 10 heteroatoms. The zero-order chi connectivity index (χ0) is 22.7. The van der Waals surface area contributed by atoms with Gasteiger partial charge in [-0.2, -0.15) is 0 Å². The molecule has 170 valence electrons. The second-order valence-electron chi connectivity index (χ2n) is 7.47. The van der Waals surface area contributed by atoms with E-state index in [-0.39, 0.29) is 11.7 Å². The Labute approximate surface area is 199 Å². The van der Waals surface area contributed by atoms with Gasteiger partial charge in [-0.05, 0) is 58.1 Å². The van der Waals surface area contributed by atoms with Crippen LogP contribution in [0, 0.1) is 6.92 Å². The Bertz CT molecular complexity index is 1130. The monoisotopic (exact) mass is 490 g/mol. The maximum absolute atomic E-state index is 12.6. The summed E-state index contributed by atoms with van der Waals surface area (Å²) in [6, 6.07) is 1.74. The average Bonchev–Trinajstić information content (AvgIpc) is 3.48. The average molecular weight is 491 g/mol. The number of nitrogens with zero attached hydrogens (tertiary/aromatic N) is 3. The van der Waals surface area contributed by atoms with E-state index in [2.05, 4.69) is 32.4 Å². The van der Waals surface area contributed by atoms with Gasteiger partial charge in [0.1, 0.15) is 5.00 Å². The second kappa shape index (κ2) is 10.2. The number of hydrogen-bond acceptors (Lipinski definition) is 8. The number of carbonyl (C=O) groups excluding carboxylic acids is 2. The fourth-order valence-corrected chi connectivity index (χ4v) is 6.66. The predicted octanol–water partition coefficient (Wildman–Crippen LogP) is 5.18. The summed E-state index contributed by atoms with van der Waals surface area (Å²) in [4.78, 5) is 27.2. The summed E-state index contributed by atoms with van der Waals surface area (Å²) in [6.07, 6.45) is 4.72. The number of aryl methyl sites for hydroxylation is 2. The van der Waals surface area contributed by atoms with Crippen molar-refractivity contribution in [3.63, 3.8) is 0 Å². The number of carbonyl (C=O) groups is 2. The first-order valence-electron chi connectivity index (χ1n) is 10.7. The standard InChI is InChI=1S/C22H26N4O3S3/c1-4-26-19(16-11-30-17-9-7-6-8-14(16)17)24-25-22(26)31-12-18(27)23-20-15(10-13(3)32-20)21(28)29-5-2/h10-11H,4-9,12H2,1-3H3,(H,23,27). The van der Waals surface area contributed by atoms with Crippen LogP contribution >= 0.6 is 34.4 Å². The number of hydrogen-bond donors (Lipinski definition) is 1. The van der Waals surface area contributed by atoms with Crippen LogP contribution in [-0.2, 0) is 28.9 Å². The molecule has 3 aromatic heterocycles. The van der Waals surface area contributed by atoms with Gasteiger partial charge in [-0.15, -0.1) is 32.9 Å². The zero-order valence-corrected chi connectivity index (χ0v) is 20.8. The molecule has 0 spiro atoms. The molecule has 0 fully saturated rings. The van der Waals surface area contributed by atoms with E-state index in [1.165, 1.54) is 51.9 Å². The number of esters is 1. The number of nitrogens with one attached hydrogen (secondary N) is 1. The molecule has 0 saturated heterocycles. The number of rotatable bonds is 8. The summed E-state index contributed by atoms with van der Waals surface area (Å²) >= 11 is 4.54. The Kier molecular flexibility index (Phi) is 7.32. The third-order valence-corrected chi connectivity index (χ3v) is 8.29. The van der Waals surface area contributed by atoms with Crippen molar-refractivity contribution in [2.24, 2.45) is 0 Å². The van der Waals surface area contributed by atoms with E-state index >= 15 is 0 Å². The fraction of sp³-hybridized carbons (Fsp3) is 0.455. The van der Waals surface area contributed by atoms with E-state index in [1.807, 2.05) is 18.3 Å². The fourth-order valence-electron chi connectivity index (χ4n) is 3.82. The van der Waals surface area contributed by atoms with Crippen molar-refractivity contribution in [1.29, 1.82) is 0 Å². The van der Waals surface area contributed by atoms with Gasteiger partial charge < -0.3 is 14.6 Å². The molecule has 1 aliphatic carbocycles. The maximum Gasteiger partial charge on any atom is 0.341 e. The van der Waals surface area contributed by atoms with Crippen molar-refractivity contribution in [3.05, 3.63) is 32.3 Å². The van der Waals surface area contributed by atoms with Crippen LogP contribution in [0.15, 0.2) is 16.6 Å². The molecule has 0 radical (unpaired) electrons. The lowest BCUT2D eigenvalue weighted by molar-refractivity contribution is -0.113. The minimum Gasteiger partial charge on any atom is -0.462 e. The van der Waals surface area contributed by atoms with E-state index in [9.17, 15) is 9.59 Å². The molecule has 4 rings (SSSR count). The van der Waals surface area contributed by atoms with Gasteiger partial charge in [-0.3, -0.25) is 4.79 Å². The Hall–Kier alpha value is -2.17. The SMILES string of the molecule is CCOC(=O)c1cc(C)sc1NC(=O)CSc1nnc(-c2csc3c2CCCC3)n1CC. The molecule has 3 aromatic rings. The van der Waals surface area contributed by atoms with Crippen molar-refractivity contribution in [2.75, 3.05) is 17.7 Å². The van der Waals surface area contributed by atoms with E-state index < -0.39 is 5.97 Å². The van der Waals surface area contributed by atoms with Gasteiger partial charge in [-0.1, -0.05) is 11.8 Å². The van der Waals surface area contributed by atoms with Crippen molar-refractivity contribution >= 4 is 51.3 Å². The van der Waals surface area contributed by atoms with Crippen molar-refractivity contribution in [2.45, 2.75) is 58.2 Å². The number of thioether (sulfide) groups is 1. The molecule has 0 unspecified atom stereocenters. The van der Waals surface area contributed by atoms with E-state index in [1.54, 1.807) is 13.0 Å². The van der Waals surface area contributed by atoms with Gasteiger partial charge in [0.15, 0.2) is 11.0 Å². The van der Waals surface area contributed by atoms with E-state index in [4.69, 9.17) is 4.74 Å². The van der Waals surface area contributed by atoms with E-state index in [0.29, 0.717) is 17.2 Å². The Morgan fingerprint density at radius 2 is 2.06 bits per heavy atom. The Balaban J connectivity index is 1.46. The van der Waals surface area contributed by atoms with Crippen LogP contribution in [0.5, 0.6) is 0 Å². The van der Waals surface area contributed by atoms with E-state index in [0.717, 1.165) is 35.2 Å². The number of amides is 1. The lowest BCUT2D eigenvalue weighted by Crippen LogP contribution is -2.16. The van der Waals surface area contributed by atoms with Gasteiger partial charge in [0.2, 0.25) is 5.91 Å². The highest BCUT2D eigenvalue weighted by Gasteiger charge is 2.23. The number of fused-ring (bicyclic) bond motifs is 1. The lowest BCUT2D eigenvalue weighted by Gasteiger charge is -2.13. The Morgan fingerprint density at radius 3 is 2.84 bits per heavy atom. The van der Waals surface area contributed by atoms with Gasteiger partial charge >= 0.3 is 5.97 Å². The van der Waals surface area contributed by atoms with Gasteiger partial charge in [0.25, 0.3) is 0 Å². The highest BCUT2D eigenvalue weighted by atomic mass is 32.2. The third-order valence-electron chi connectivity index (χ3n) is 5.27. The van der Waals surface area contributed by atoms with Crippen LogP contribution in [-0.4, -0.2) is 39.0 Å². The van der Waals surface area contributed by atoms with Crippen molar-refractivity contribution in [1.82, 2.24) is 14.8 Å². The van der Waals surface area contributed by atoms with Gasteiger partial charge in [0, 0.05) is 27.2 Å². The number of ether oxygens (including phenoxy) is 1. The summed E-state index contributed by atoms with van der Waals surface area (Å²) < 4.78 is 7.17. The van der Waals surface area contributed by atoms with Crippen molar-refractivity contribution < 1.29 is 14.3 Å². The molecule has 0 bridgehead atoms. The molecular weight excluding hydrogens is 464 g/mol. The Morgan fingerprint density at radius 1 is 1.25 bits per heavy atom. The van der Waals surface area contributed by atoms with Crippen LogP contribution in [0.1, 0.15) is 52.4 Å².